The smallest absolute Gasteiger partial charge is 0.228 e. The van der Waals surface area contributed by atoms with Crippen LogP contribution in [-0.2, 0) is 11.2 Å². The Morgan fingerprint density at radius 2 is 2.60 bits per heavy atom. The van der Waals surface area contributed by atoms with Crippen LogP contribution in [0, 0.1) is 5.92 Å². The molecule has 1 aliphatic heterocycles. The molecule has 1 unspecified atom stereocenters. The lowest BCUT2D eigenvalue weighted by Crippen LogP contribution is -2.29. The molecule has 1 aliphatic rings. The maximum absolute atomic E-state index is 11.8. The fraction of sp³-hybridized carbons (Fsp3) is 0.600. The molecule has 1 fully saturated rings. The summed E-state index contributed by atoms with van der Waals surface area (Å²) >= 11 is 1.39. The van der Waals surface area contributed by atoms with Gasteiger partial charge < -0.3 is 10.6 Å². The topological polar surface area (TPSA) is 59.2 Å². The summed E-state index contributed by atoms with van der Waals surface area (Å²) in [5, 5.41) is 2.39. The second-order valence-corrected chi connectivity index (χ2v) is 4.98. The van der Waals surface area contributed by atoms with Crippen molar-refractivity contribution in [1.29, 1.82) is 0 Å². The summed E-state index contributed by atoms with van der Waals surface area (Å²) in [6, 6.07) is 0. The van der Waals surface area contributed by atoms with E-state index in [9.17, 15) is 4.79 Å². The van der Waals surface area contributed by atoms with Crippen LogP contribution in [0.1, 0.15) is 19.0 Å². The van der Waals surface area contributed by atoms with E-state index in [-0.39, 0.29) is 5.91 Å². The summed E-state index contributed by atoms with van der Waals surface area (Å²) in [5.41, 5.74) is 6.31. The number of carbonyl (C=O) groups is 1. The van der Waals surface area contributed by atoms with Crippen molar-refractivity contribution in [3.63, 3.8) is 0 Å². The normalized spacial score (nSPS) is 20.9. The molecular weight excluding hydrogens is 210 g/mol. The summed E-state index contributed by atoms with van der Waals surface area (Å²) in [4.78, 5) is 17.8. The van der Waals surface area contributed by atoms with Gasteiger partial charge in [0, 0.05) is 18.5 Å². The van der Waals surface area contributed by atoms with Crippen molar-refractivity contribution in [3.8, 4) is 0 Å². The zero-order valence-electron chi connectivity index (χ0n) is 8.77. The highest BCUT2D eigenvalue weighted by atomic mass is 32.1. The Labute approximate surface area is 93.1 Å². The minimum absolute atomic E-state index is 0.171. The Bertz CT molecular complexity index is 363. The van der Waals surface area contributed by atoms with E-state index in [2.05, 4.69) is 11.9 Å². The average molecular weight is 225 g/mol. The molecule has 15 heavy (non-hydrogen) atoms. The molecule has 0 aliphatic carbocycles. The number of nitrogens with zero attached hydrogens (tertiary/aromatic N) is 2. The number of carbonyl (C=O) groups excluding carboxylic acids is 1. The maximum atomic E-state index is 11.8. The van der Waals surface area contributed by atoms with Crippen molar-refractivity contribution in [2.45, 2.75) is 19.8 Å². The van der Waals surface area contributed by atoms with Gasteiger partial charge in [0.1, 0.15) is 0 Å². The largest absolute Gasteiger partial charge is 0.375 e. The fourth-order valence-electron chi connectivity index (χ4n) is 1.83. The third kappa shape index (κ3) is 2.47. The zero-order valence-corrected chi connectivity index (χ0v) is 9.59. The number of hydrogen-bond acceptors (Lipinski definition) is 4. The second kappa shape index (κ2) is 4.18. The number of anilines is 1. The van der Waals surface area contributed by atoms with E-state index in [1.807, 2.05) is 10.3 Å². The first-order chi connectivity index (χ1) is 7.15. The molecule has 0 saturated carbocycles. The summed E-state index contributed by atoms with van der Waals surface area (Å²) in [7, 11) is 0. The van der Waals surface area contributed by atoms with Crippen molar-refractivity contribution in [2.24, 2.45) is 5.92 Å². The van der Waals surface area contributed by atoms with Gasteiger partial charge in [-0.1, -0.05) is 6.92 Å². The minimum Gasteiger partial charge on any atom is -0.375 e. The lowest BCUT2D eigenvalue weighted by atomic mass is 10.2. The van der Waals surface area contributed by atoms with E-state index < -0.39 is 0 Å². The van der Waals surface area contributed by atoms with Gasteiger partial charge in [-0.25, -0.2) is 4.98 Å². The Balaban J connectivity index is 1.92. The van der Waals surface area contributed by atoms with Crippen molar-refractivity contribution >= 4 is 22.4 Å². The summed E-state index contributed by atoms with van der Waals surface area (Å²) in [6.07, 6.45) is 1.51. The van der Waals surface area contributed by atoms with E-state index in [1.54, 1.807) is 0 Å². The predicted molar refractivity (Wildman–Crippen MR) is 60.6 cm³/mol. The average Bonchev–Trinajstić information content (AvgIpc) is 2.75. The van der Waals surface area contributed by atoms with Crippen LogP contribution in [-0.4, -0.2) is 28.9 Å². The molecule has 1 aromatic heterocycles. The number of aromatic nitrogens is 1. The standard InChI is InChI=1S/C10H15N3OS/c1-7-2-3-13(5-7)9(14)4-8-6-15-10(11)12-8/h6-7H,2-5H2,1H3,(H2,11,12). The van der Waals surface area contributed by atoms with Crippen LogP contribution in [0.4, 0.5) is 5.13 Å². The van der Waals surface area contributed by atoms with Gasteiger partial charge >= 0.3 is 0 Å². The molecule has 2 N–H and O–H groups in total. The first kappa shape index (κ1) is 10.4. The number of likely N-dealkylation sites (tertiary alicyclic amines) is 1. The number of hydrogen-bond donors (Lipinski definition) is 1. The second-order valence-electron chi connectivity index (χ2n) is 4.09. The number of nitrogen functional groups attached to an aromatic ring is 1. The highest BCUT2D eigenvalue weighted by Gasteiger charge is 2.23. The molecule has 1 saturated heterocycles. The van der Waals surface area contributed by atoms with Crippen LogP contribution in [0.15, 0.2) is 5.38 Å². The molecule has 1 amide bonds. The molecule has 0 bridgehead atoms. The lowest BCUT2D eigenvalue weighted by Gasteiger charge is -2.14. The zero-order chi connectivity index (χ0) is 10.8. The molecule has 0 radical (unpaired) electrons. The van der Waals surface area contributed by atoms with Crippen LogP contribution >= 0.6 is 11.3 Å². The number of nitrogens with two attached hydrogens (primary N) is 1. The van der Waals surface area contributed by atoms with E-state index in [0.29, 0.717) is 17.5 Å². The summed E-state index contributed by atoms with van der Waals surface area (Å²) in [5.74, 6) is 0.805. The van der Waals surface area contributed by atoms with Crippen LogP contribution in [0.25, 0.3) is 0 Å². The quantitative estimate of drug-likeness (QED) is 0.821. The first-order valence-electron chi connectivity index (χ1n) is 5.13. The predicted octanol–water partition coefficient (Wildman–Crippen LogP) is 1.14. The summed E-state index contributed by atoms with van der Waals surface area (Å²) in [6.45, 7) is 3.95. The van der Waals surface area contributed by atoms with Gasteiger partial charge in [0.25, 0.3) is 0 Å². The Hall–Kier alpha value is -1.10. The van der Waals surface area contributed by atoms with Crippen molar-refractivity contribution in [1.82, 2.24) is 9.88 Å². The fourth-order valence-corrected chi connectivity index (χ4v) is 2.39. The molecule has 82 valence electrons. The molecule has 2 heterocycles. The van der Waals surface area contributed by atoms with Crippen LogP contribution in [0.5, 0.6) is 0 Å². The van der Waals surface area contributed by atoms with E-state index >= 15 is 0 Å². The Morgan fingerprint density at radius 3 is 3.13 bits per heavy atom. The number of thiazole rings is 1. The van der Waals surface area contributed by atoms with E-state index in [1.165, 1.54) is 11.3 Å². The third-order valence-corrected chi connectivity index (χ3v) is 3.40. The lowest BCUT2D eigenvalue weighted by molar-refractivity contribution is -0.129. The van der Waals surface area contributed by atoms with Gasteiger partial charge in [0.05, 0.1) is 12.1 Å². The number of rotatable bonds is 2. The van der Waals surface area contributed by atoms with Gasteiger partial charge in [-0.05, 0) is 12.3 Å². The van der Waals surface area contributed by atoms with Crippen molar-refractivity contribution < 1.29 is 4.79 Å². The van der Waals surface area contributed by atoms with E-state index in [0.717, 1.165) is 25.2 Å². The molecule has 1 aromatic rings. The molecule has 0 aromatic carbocycles. The van der Waals surface area contributed by atoms with Gasteiger partial charge in [0.15, 0.2) is 5.13 Å². The van der Waals surface area contributed by atoms with Crippen LogP contribution in [0.3, 0.4) is 0 Å². The monoisotopic (exact) mass is 225 g/mol. The Kier molecular flexibility index (Phi) is 2.90. The van der Waals surface area contributed by atoms with Crippen LogP contribution in [0.2, 0.25) is 0 Å². The molecule has 4 nitrogen and oxygen atoms in total. The van der Waals surface area contributed by atoms with Crippen molar-refractivity contribution in [3.05, 3.63) is 11.1 Å². The summed E-state index contributed by atoms with van der Waals surface area (Å²) < 4.78 is 0. The molecule has 0 spiro atoms. The maximum Gasteiger partial charge on any atom is 0.228 e. The van der Waals surface area contributed by atoms with Gasteiger partial charge in [0.2, 0.25) is 5.91 Å². The molecule has 1 atom stereocenters. The first-order valence-corrected chi connectivity index (χ1v) is 6.01. The number of amides is 1. The van der Waals surface area contributed by atoms with Gasteiger partial charge in [-0.15, -0.1) is 11.3 Å². The van der Waals surface area contributed by atoms with Gasteiger partial charge in [-0.2, -0.15) is 0 Å². The minimum atomic E-state index is 0.171. The SMILES string of the molecule is CC1CCN(C(=O)Cc2csc(N)n2)C1. The Morgan fingerprint density at radius 1 is 1.80 bits per heavy atom. The van der Waals surface area contributed by atoms with Crippen LogP contribution < -0.4 is 5.73 Å². The third-order valence-electron chi connectivity index (χ3n) is 2.68. The van der Waals surface area contributed by atoms with Gasteiger partial charge in [-0.3, -0.25) is 4.79 Å². The molecule has 5 heteroatoms. The highest BCUT2D eigenvalue weighted by Crippen LogP contribution is 2.17. The van der Waals surface area contributed by atoms with E-state index in [4.69, 9.17) is 5.73 Å². The molecular formula is C10H15N3OS. The highest BCUT2D eigenvalue weighted by molar-refractivity contribution is 7.13. The van der Waals surface area contributed by atoms with Crippen molar-refractivity contribution in [2.75, 3.05) is 18.8 Å². The molecule has 2 rings (SSSR count).